The van der Waals surface area contributed by atoms with Crippen LogP contribution in [0.1, 0.15) is 85.0 Å². The molecule has 0 aliphatic carbocycles. The van der Waals surface area contributed by atoms with Crippen LogP contribution in [0.25, 0.3) is 0 Å². The summed E-state index contributed by atoms with van der Waals surface area (Å²) in [5, 5.41) is 9.01. The molecule has 0 rings (SSSR count). The first-order chi connectivity index (χ1) is 11.7. The summed E-state index contributed by atoms with van der Waals surface area (Å²) >= 11 is 0. The lowest BCUT2D eigenvalue weighted by atomic mass is 9.91. The Morgan fingerprint density at radius 1 is 0.880 bits per heavy atom. The van der Waals surface area contributed by atoms with Crippen LogP contribution < -0.4 is 0 Å². The minimum absolute atomic E-state index is 0.0595. The number of esters is 1. The van der Waals surface area contributed by atoms with Crippen molar-refractivity contribution < 1.29 is 19.1 Å². The van der Waals surface area contributed by atoms with E-state index in [1.807, 2.05) is 20.8 Å². The topological polar surface area (TPSA) is 46.5 Å². The van der Waals surface area contributed by atoms with Crippen LogP contribution in [-0.4, -0.2) is 56.0 Å². The second-order valence-electron chi connectivity index (χ2n) is 8.66. The van der Waals surface area contributed by atoms with E-state index in [1.165, 1.54) is 44.9 Å². The number of hydrogen-bond acceptors (Lipinski definition) is 3. The van der Waals surface area contributed by atoms with Crippen molar-refractivity contribution in [2.75, 3.05) is 40.4 Å². The fourth-order valence-corrected chi connectivity index (χ4v) is 2.77. The van der Waals surface area contributed by atoms with E-state index in [0.717, 1.165) is 36.8 Å². The summed E-state index contributed by atoms with van der Waals surface area (Å²) in [5.74, 6) is -0.0595. The highest BCUT2D eigenvalue weighted by molar-refractivity contribution is 5.75. The molecular formula is C21H44NO3+. The zero-order valence-electron chi connectivity index (χ0n) is 17.6. The maximum absolute atomic E-state index is 11.8. The van der Waals surface area contributed by atoms with Gasteiger partial charge in [0.25, 0.3) is 0 Å². The zero-order chi connectivity index (χ0) is 19.2. The van der Waals surface area contributed by atoms with Crippen molar-refractivity contribution in [3.8, 4) is 0 Å². The molecule has 25 heavy (non-hydrogen) atoms. The van der Waals surface area contributed by atoms with Crippen molar-refractivity contribution in [2.45, 2.75) is 85.0 Å². The van der Waals surface area contributed by atoms with Gasteiger partial charge in [-0.05, 0) is 39.5 Å². The van der Waals surface area contributed by atoms with Crippen LogP contribution >= 0.6 is 0 Å². The monoisotopic (exact) mass is 358 g/mol. The van der Waals surface area contributed by atoms with E-state index in [4.69, 9.17) is 9.84 Å². The molecule has 1 N–H and O–H groups in total. The third-order valence-electron chi connectivity index (χ3n) is 5.28. The number of unbranched alkanes of at least 4 members (excludes halogenated alkanes) is 8. The fraction of sp³-hybridized carbons (Fsp3) is 0.952. The average molecular weight is 359 g/mol. The lowest BCUT2D eigenvalue weighted by Crippen LogP contribution is -2.42. The van der Waals surface area contributed by atoms with E-state index < -0.39 is 0 Å². The number of aliphatic hydroxyl groups excluding tert-OH is 1. The van der Waals surface area contributed by atoms with Crippen LogP contribution in [0.3, 0.4) is 0 Å². The van der Waals surface area contributed by atoms with Crippen LogP contribution in [0.2, 0.25) is 0 Å². The van der Waals surface area contributed by atoms with Crippen LogP contribution in [0.15, 0.2) is 0 Å². The highest BCUT2D eigenvalue weighted by atomic mass is 16.5. The van der Waals surface area contributed by atoms with Gasteiger partial charge in [-0.2, -0.15) is 0 Å². The summed E-state index contributed by atoms with van der Waals surface area (Å²) in [6.07, 6.45) is 12.0. The smallest absolute Gasteiger partial charge is 0.311 e. The SMILES string of the molecule is CCC(C)(C)C(=O)OCCCCCCCCCCC[N+](C)(C)CCO. The summed E-state index contributed by atoms with van der Waals surface area (Å²) in [7, 11) is 4.38. The van der Waals surface area contributed by atoms with Gasteiger partial charge < -0.3 is 14.3 Å². The Kier molecular flexibility index (Phi) is 13.2. The number of aliphatic hydroxyl groups is 1. The van der Waals surface area contributed by atoms with Crippen molar-refractivity contribution in [3.05, 3.63) is 0 Å². The van der Waals surface area contributed by atoms with Gasteiger partial charge in [0.2, 0.25) is 0 Å². The zero-order valence-corrected chi connectivity index (χ0v) is 17.6. The second kappa shape index (κ2) is 13.6. The molecule has 0 bridgehead atoms. The molecule has 0 amide bonds. The van der Waals surface area contributed by atoms with Gasteiger partial charge in [0.1, 0.15) is 6.54 Å². The van der Waals surface area contributed by atoms with Gasteiger partial charge in [-0.1, -0.05) is 45.4 Å². The number of rotatable bonds is 16. The van der Waals surface area contributed by atoms with Gasteiger partial charge in [-0.25, -0.2) is 0 Å². The maximum atomic E-state index is 11.8. The summed E-state index contributed by atoms with van der Waals surface area (Å²) in [5.41, 5.74) is -0.341. The Morgan fingerprint density at radius 3 is 1.84 bits per heavy atom. The van der Waals surface area contributed by atoms with E-state index in [9.17, 15) is 4.79 Å². The van der Waals surface area contributed by atoms with E-state index in [2.05, 4.69) is 14.1 Å². The fourth-order valence-electron chi connectivity index (χ4n) is 2.77. The Morgan fingerprint density at radius 2 is 1.36 bits per heavy atom. The molecule has 0 heterocycles. The van der Waals surface area contributed by atoms with Gasteiger partial charge in [0.15, 0.2) is 0 Å². The molecule has 0 aliphatic rings. The lowest BCUT2D eigenvalue weighted by molar-refractivity contribution is -0.890. The Hall–Kier alpha value is -0.610. The minimum atomic E-state index is -0.341. The normalized spacial score (nSPS) is 12.4. The number of hydrogen-bond donors (Lipinski definition) is 1. The predicted molar refractivity (Wildman–Crippen MR) is 106 cm³/mol. The highest BCUT2D eigenvalue weighted by Crippen LogP contribution is 2.21. The van der Waals surface area contributed by atoms with E-state index in [-0.39, 0.29) is 18.0 Å². The van der Waals surface area contributed by atoms with Crippen LogP contribution in [0.4, 0.5) is 0 Å². The molecule has 0 spiro atoms. The maximum Gasteiger partial charge on any atom is 0.311 e. The van der Waals surface area contributed by atoms with Crippen LogP contribution in [0.5, 0.6) is 0 Å². The standard InChI is InChI=1S/C21H44NO3/c1-6-21(2,3)20(24)25-19-15-13-11-9-7-8-10-12-14-16-22(4,5)17-18-23/h23H,6-19H2,1-5H3/q+1. The summed E-state index contributed by atoms with van der Waals surface area (Å²) in [6.45, 7) is 8.78. The number of carbonyl (C=O) groups excluding carboxylic acids is 1. The van der Waals surface area contributed by atoms with E-state index >= 15 is 0 Å². The van der Waals surface area contributed by atoms with Gasteiger partial charge in [-0.15, -0.1) is 0 Å². The Balaban J connectivity index is 3.36. The molecular weight excluding hydrogens is 314 g/mol. The molecule has 0 saturated carbocycles. The third kappa shape index (κ3) is 13.3. The molecule has 0 saturated heterocycles. The molecule has 0 fully saturated rings. The van der Waals surface area contributed by atoms with Crippen molar-refractivity contribution >= 4 is 5.97 Å². The minimum Gasteiger partial charge on any atom is -0.465 e. The molecule has 0 aliphatic heterocycles. The number of carbonyl (C=O) groups is 1. The molecule has 150 valence electrons. The van der Waals surface area contributed by atoms with Crippen molar-refractivity contribution in [3.63, 3.8) is 0 Å². The number of quaternary nitrogens is 1. The van der Waals surface area contributed by atoms with Gasteiger partial charge in [0, 0.05) is 0 Å². The molecule has 4 nitrogen and oxygen atoms in total. The highest BCUT2D eigenvalue weighted by Gasteiger charge is 2.26. The summed E-state index contributed by atoms with van der Waals surface area (Å²) in [6, 6.07) is 0. The lowest BCUT2D eigenvalue weighted by Gasteiger charge is -2.28. The molecule has 0 radical (unpaired) electrons. The summed E-state index contributed by atoms with van der Waals surface area (Å²) in [4.78, 5) is 11.8. The number of nitrogens with zero attached hydrogens (tertiary/aromatic N) is 1. The van der Waals surface area contributed by atoms with Crippen LogP contribution in [0, 0.1) is 5.41 Å². The molecule has 4 heteroatoms. The van der Waals surface area contributed by atoms with Crippen molar-refractivity contribution in [1.29, 1.82) is 0 Å². The molecule has 0 unspecified atom stereocenters. The number of likely N-dealkylation sites (N-methyl/N-ethyl adjacent to an activating group) is 1. The van der Waals surface area contributed by atoms with Gasteiger partial charge >= 0.3 is 5.97 Å². The molecule has 0 aromatic heterocycles. The molecule has 0 aromatic rings. The van der Waals surface area contributed by atoms with Crippen molar-refractivity contribution in [2.24, 2.45) is 5.41 Å². The third-order valence-corrected chi connectivity index (χ3v) is 5.28. The predicted octanol–water partition coefficient (Wildman–Crippen LogP) is 4.55. The first-order valence-electron chi connectivity index (χ1n) is 10.4. The van der Waals surface area contributed by atoms with Gasteiger partial charge in [0.05, 0.1) is 39.3 Å². The molecule has 0 atom stereocenters. The van der Waals surface area contributed by atoms with Crippen molar-refractivity contribution in [1.82, 2.24) is 0 Å². The Bertz CT molecular complexity index is 340. The quantitative estimate of drug-likeness (QED) is 0.250. The van der Waals surface area contributed by atoms with Crippen LogP contribution in [-0.2, 0) is 9.53 Å². The van der Waals surface area contributed by atoms with E-state index in [0.29, 0.717) is 6.61 Å². The first-order valence-corrected chi connectivity index (χ1v) is 10.4. The second-order valence-corrected chi connectivity index (χ2v) is 8.66. The summed E-state index contributed by atoms with van der Waals surface area (Å²) < 4.78 is 6.29. The Labute approximate surface area is 156 Å². The van der Waals surface area contributed by atoms with E-state index in [1.54, 1.807) is 0 Å². The first kappa shape index (κ1) is 24.4. The van der Waals surface area contributed by atoms with Gasteiger partial charge in [-0.3, -0.25) is 4.79 Å². The average Bonchev–Trinajstić information content (AvgIpc) is 2.55. The molecule has 0 aromatic carbocycles. The number of ether oxygens (including phenoxy) is 1. The largest absolute Gasteiger partial charge is 0.465 e.